The minimum Gasteiger partial charge on any atom is -0.463 e. The summed E-state index contributed by atoms with van der Waals surface area (Å²) in [6.45, 7) is 3.86. The first-order valence-corrected chi connectivity index (χ1v) is 5.17. The Morgan fingerprint density at radius 3 is 2.56 bits per heavy atom. The van der Waals surface area contributed by atoms with Crippen molar-refractivity contribution in [1.82, 2.24) is 5.06 Å². The number of ether oxygens (including phenoxy) is 1. The van der Waals surface area contributed by atoms with Gasteiger partial charge in [0.05, 0.1) is 13.7 Å². The number of hydrogen-bond donors (Lipinski definition) is 0. The van der Waals surface area contributed by atoms with E-state index in [-0.39, 0.29) is 17.8 Å². The molecule has 5 heteroatoms. The van der Waals surface area contributed by atoms with Gasteiger partial charge in [0.25, 0.3) is 0 Å². The van der Waals surface area contributed by atoms with E-state index >= 15 is 0 Å². The van der Waals surface area contributed by atoms with Gasteiger partial charge in [0.1, 0.15) is 0 Å². The molecule has 0 aromatic heterocycles. The molecule has 0 radical (unpaired) electrons. The SMILES string of the molecule is CCOC(=O)/C=C/CC(C)C(=O)N(C)OC. The molecule has 0 aliphatic heterocycles. The number of carbonyl (C=O) groups is 2. The molecule has 0 N–H and O–H groups in total. The number of hydroxylamine groups is 2. The van der Waals surface area contributed by atoms with E-state index in [1.807, 2.05) is 0 Å². The van der Waals surface area contributed by atoms with Crippen LogP contribution in [0.1, 0.15) is 20.3 Å². The molecule has 0 aromatic rings. The Morgan fingerprint density at radius 1 is 1.44 bits per heavy atom. The fraction of sp³-hybridized carbons (Fsp3) is 0.636. The van der Waals surface area contributed by atoms with Crippen molar-refractivity contribution in [3.05, 3.63) is 12.2 Å². The van der Waals surface area contributed by atoms with E-state index in [1.54, 1.807) is 27.0 Å². The summed E-state index contributed by atoms with van der Waals surface area (Å²) in [7, 11) is 2.98. The Hall–Kier alpha value is -1.36. The molecule has 0 aromatic carbocycles. The van der Waals surface area contributed by atoms with Crippen LogP contribution in [0.4, 0.5) is 0 Å². The second-order valence-electron chi connectivity index (χ2n) is 3.31. The molecule has 0 saturated carbocycles. The van der Waals surface area contributed by atoms with Gasteiger partial charge in [-0.15, -0.1) is 0 Å². The smallest absolute Gasteiger partial charge is 0.330 e. The van der Waals surface area contributed by atoms with Crippen LogP contribution in [0.15, 0.2) is 12.2 Å². The molecule has 92 valence electrons. The van der Waals surface area contributed by atoms with Gasteiger partial charge in [0, 0.05) is 19.0 Å². The molecule has 1 atom stereocenters. The molecule has 0 aliphatic carbocycles. The topological polar surface area (TPSA) is 55.8 Å². The maximum atomic E-state index is 11.5. The van der Waals surface area contributed by atoms with Crippen LogP contribution in [0.25, 0.3) is 0 Å². The first-order chi connectivity index (χ1) is 7.52. The van der Waals surface area contributed by atoms with Gasteiger partial charge < -0.3 is 4.74 Å². The summed E-state index contributed by atoms with van der Waals surface area (Å²) in [6.07, 6.45) is 3.44. The molecular formula is C11H19NO4. The Bertz CT molecular complexity index is 263. The minimum absolute atomic E-state index is 0.129. The molecule has 1 unspecified atom stereocenters. The first-order valence-electron chi connectivity index (χ1n) is 5.17. The average molecular weight is 229 g/mol. The Morgan fingerprint density at radius 2 is 2.06 bits per heavy atom. The van der Waals surface area contributed by atoms with Crippen molar-refractivity contribution >= 4 is 11.9 Å². The lowest BCUT2D eigenvalue weighted by atomic mass is 10.1. The number of allylic oxidation sites excluding steroid dienone is 1. The summed E-state index contributed by atoms with van der Waals surface area (Å²) in [5.74, 6) is -0.742. The standard InChI is InChI=1S/C11H19NO4/c1-5-16-10(13)8-6-7-9(2)11(14)12(3)15-4/h6,8-9H,5,7H2,1-4H3/b8-6+. The number of esters is 1. The van der Waals surface area contributed by atoms with Gasteiger partial charge in [-0.05, 0) is 13.3 Å². The van der Waals surface area contributed by atoms with Gasteiger partial charge in [-0.2, -0.15) is 0 Å². The van der Waals surface area contributed by atoms with Crippen molar-refractivity contribution in [2.24, 2.45) is 5.92 Å². The zero-order chi connectivity index (χ0) is 12.6. The van der Waals surface area contributed by atoms with Gasteiger partial charge in [-0.25, -0.2) is 9.86 Å². The number of nitrogens with zero attached hydrogens (tertiary/aromatic N) is 1. The molecule has 5 nitrogen and oxygen atoms in total. The summed E-state index contributed by atoms with van der Waals surface area (Å²) < 4.78 is 4.71. The predicted octanol–water partition coefficient (Wildman–Crippen LogP) is 1.15. The largest absolute Gasteiger partial charge is 0.463 e. The number of hydrogen-bond acceptors (Lipinski definition) is 4. The van der Waals surface area contributed by atoms with Crippen LogP contribution in [0.5, 0.6) is 0 Å². The highest BCUT2D eigenvalue weighted by Gasteiger charge is 2.15. The third kappa shape index (κ3) is 5.50. The summed E-state index contributed by atoms with van der Waals surface area (Å²) in [5, 5.41) is 1.17. The van der Waals surface area contributed by atoms with Crippen molar-refractivity contribution in [1.29, 1.82) is 0 Å². The van der Waals surface area contributed by atoms with Gasteiger partial charge in [0.2, 0.25) is 5.91 Å². The third-order valence-corrected chi connectivity index (χ3v) is 2.04. The van der Waals surface area contributed by atoms with E-state index in [0.717, 1.165) is 0 Å². The lowest BCUT2D eigenvalue weighted by molar-refractivity contribution is -0.172. The van der Waals surface area contributed by atoms with Crippen molar-refractivity contribution in [3.8, 4) is 0 Å². The second kappa shape index (κ2) is 7.87. The van der Waals surface area contributed by atoms with Gasteiger partial charge in [-0.3, -0.25) is 9.63 Å². The lowest BCUT2D eigenvalue weighted by Crippen LogP contribution is -2.30. The number of carbonyl (C=O) groups excluding carboxylic acids is 2. The minimum atomic E-state index is -0.387. The van der Waals surface area contributed by atoms with E-state index in [2.05, 4.69) is 0 Å². The Labute approximate surface area is 96.0 Å². The number of rotatable bonds is 6. The maximum absolute atomic E-state index is 11.5. The van der Waals surface area contributed by atoms with E-state index in [0.29, 0.717) is 13.0 Å². The molecule has 0 bridgehead atoms. The summed E-state index contributed by atoms with van der Waals surface area (Å²) in [6, 6.07) is 0. The predicted molar refractivity (Wildman–Crippen MR) is 59.3 cm³/mol. The van der Waals surface area contributed by atoms with Crippen LogP contribution < -0.4 is 0 Å². The van der Waals surface area contributed by atoms with Crippen molar-refractivity contribution in [2.75, 3.05) is 20.8 Å². The summed E-state index contributed by atoms with van der Waals surface area (Å²) >= 11 is 0. The van der Waals surface area contributed by atoms with Crippen LogP contribution in [0.2, 0.25) is 0 Å². The van der Waals surface area contributed by atoms with E-state index < -0.39 is 0 Å². The quantitative estimate of drug-likeness (QED) is 0.389. The van der Waals surface area contributed by atoms with Crippen LogP contribution in [0, 0.1) is 5.92 Å². The zero-order valence-corrected chi connectivity index (χ0v) is 10.2. The summed E-state index contributed by atoms with van der Waals surface area (Å²) in [5.41, 5.74) is 0. The summed E-state index contributed by atoms with van der Waals surface area (Å²) in [4.78, 5) is 27.2. The Balaban J connectivity index is 4.01. The molecule has 16 heavy (non-hydrogen) atoms. The molecule has 0 fully saturated rings. The number of amides is 1. The first kappa shape index (κ1) is 14.6. The second-order valence-corrected chi connectivity index (χ2v) is 3.31. The molecule has 0 heterocycles. The maximum Gasteiger partial charge on any atom is 0.330 e. The van der Waals surface area contributed by atoms with Crippen molar-refractivity contribution in [3.63, 3.8) is 0 Å². The van der Waals surface area contributed by atoms with Crippen LogP contribution in [0.3, 0.4) is 0 Å². The molecule has 0 rings (SSSR count). The molecular weight excluding hydrogens is 210 g/mol. The van der Waals surface area contributed by atoms with Gasteiger partial charge in [0.15, 0.2) is 0 Å². The fourth-order valence-electron chi connectivity index (χ4n) is 1.06. The van der Waals surface area contributed by atoms with Crippen molar-refractivity contribution in [2.45, 2.75) is 20.3 Å². The fourth-order valence-corrected chi connectivity index (χ4v) is 1.06. The van der Waals surface area contributed by atoms with E-state index in [4.69, 9.17) is 9.57 Å². The van der Waals surface area contributed by atoms with Crippen molar-refractivity contribution < 1.29 is 19.2 Å². The highest BCUT2D eigenvalue weighted by atomic mass is 16.7. The zero-order valence-electron chi connectivity index (χ0n) is 10.2. The highest BCUT2D eigenvalue weighted by molar-refractivity contribution is 5.82. The molecule has 0 aliphatic rings. The molecule has 0 saturated heterocycles. The molecule has 0 spiro atoms. The van der Waals surface area contributed by atoms with Gasteiger partial charge in [-0.1, -0.05) is 13.0 Å². The van der Waals surface area contributed by atoms with E-state index in [1.165, 1.54) is 18.2 Å². The third-order valence-electron chi connectivity index (χ3n) is 2.04. The normalized spacial score (nSPS) is 12.5. The van der Waals surface area contributed by atoms with Gasteiger partial charge >= 0.3 is 5.97 Å². The van der Waals surface area contributed by atoms with E-state index in [9.17, 15) is 9.59 Å². The molecule has 1 amide bonds. The highest BCUT2D eigenvalue weighted by Crippen LogP contribution is 2.07. The lowest BCUT2D eigenvalue weighted by Gasteiger charge is -2.17. The van der Waals surface area contributed by atoms with Crippen LogP contribution >= 0.6 is 0 Å². The Kier molecular flexibility index (Phi) is 7.20. The van der Waals surface area contributed by atoms with Crippen LogP contribution in [-0.4, -0.2) is 37.7 Å². The average Bonchev–Trinajstić information content (AvgIpc) is 2.27. The monoisotopic (exact) mass is 229 g/mol. The van der Waals surface area contributed by atoms with Crippen LogP contribution in [-0.2, 0) is 19.2 Å².